The average molecular weight is 324 g/mol. The number of hydrogen-bond donors (Lipinski definition) is 0. The van der Waals surface area contributed by atoms with Gasteiger partial charge in [0.25, 0.3) is 0 Å². The highest BCUT2D eigenvalue weighted by Crippen LogP contribution is 2.56. The third kappa shape index (κ3) is 2.48. The molecule has 1 fully saturated rings. The summed E-state index contributed by atoms with van der Waals surface area (Å²) in [5.74, 6) is -2.75. The van der Waals surface area contributed by atoms with Crippen LogP contribution in [-0.2, 0) is 15.1 Å². The Bertz CT molecular complexity index is 710. The lowest BCUT2D eigenvalue weighted by Crippen LogP contribution is -2.46. The van der Waals surface area contributed by atoms with E-state index >= 15 is 0 Å². The molecule has 1 aliphatic heterocycles. The van der Waals surface area contributed by atoms with Crippen molar-refractivity contribution >= 4 is 5.97 Å². The summed E-state index contributed by atoms with van der Waals surface area (Å²) in [6.07, 6.45) is -5.22. The second-order valence-electron chi connectivity index (χ2n) is 5.38. The van der Waals surface area contributed by atoms with Gasteiger partial charge >= 0.3 is 12.1 Å². The number of cyclic esters (lactones) is 1. The van der Waals surface area contributed by atoms with Crippen molar-refractivity contribution in [3.05, 3.63) is 71.5 Å². The Balaban J connectivity index is 2.20. The predicted octanol–water partition coefficient (Wildman–Crippen LogP) is 4.31. The van der Waals surface area contributed by atoms with Gasteiger partial charge in [0.2, 0.25) is 5.60 Å². The molecule has 0 bridgehead atoms. The fourth-order valence-electron chi connectivity index (χ4n) is 3.02. The van der Waals surface area contributed by atoms with E-state index in [9.17, 15) is 22.4 Å². The van der Waals surface area contributed by atoms with Crippen molar-refractivity contribution in [2.24, 2.45) is 0 Å². The van der Waals surface area contributed by atoms with E-state index in [1.165, 1.54) is 36.4 Å². The first-order valence-corrected chi connectivity index (χ1v) is 6.94. The van der Waals surface area contributed by atoms with E-state index in [4.69, 9.17) is 4.74 Å². The number of hydrogen-bond acceptors (Lipinski definition) is 2. The van der Waals surface area contributed by atoms with E-state index in [1.54, 1.807) is 6.07 Å². The van der Waals surface area contributed by atoms with Crippen molar-refractivity contribution < 1.29 is 27.1 Å². The van der Waals surface area contributed by atoms with E-state index in [0.717, 1.165) is 12.1 Å². The van der Waals surface area contributed by atoms with Gasteiger partial charge < -0.3 is 4.74 Å². The van der Waals surface area contributed by atoms with Crippen LogP contribution in [0.3, 0.4) is 0 Å². The molecule has 0 aromatic heterocycles. The molecule has 0 spiro atoms. The molecular weight excluding hydrogens is 312 g/mol. The lowest BCUT2D eigenvalue weighted by atomic mass is 9.77. The number of rotatable bonds is 2. The molecule has 2 aromatic rings. The van der Waals surface area contributed by atoms with E-state index in [-0.39, 0.29) is 11.1 Å². The zero-order chi connectivity index (χ0) is 16.7. The van der Waals surface area contributed by atoms with Crippen LogP contribution in [0, 0.1) is 5.82 Å². The maximum absolute atomic E-state index is 13.9. The first kappa shape index (κ1) is 15.5. The van der Waals surface area contributed by atoms with Gasteiger partial charge in [-0.2, -0.15) is 13.2 Å². The number of benzene rings is 2. The third-order valence-electron chi connectivity index (χ3n) is 4.03. The molecule has 1 aliphatic rings. The molecule has 0 aliphatic carbocycles. The summed E-state index contributed by atoms with van der Waals surface area (Å²) in [6, 6.07) is 11.7. The summed E-state index contributed by atoms with van der Waals surface area (Å²) in [5, 5.41) is 0. The topological polar surface area (TPSA) is 26.3 Å². The molecule has 6 heteroatoms. The monoisotopic (exact) mass is 324 g/mol. The highest BCUT2D eigenvalue weighted by Gasteiger charge is 2.67. The van der Waals surface area contributed by atoms with E-state index in [0.29, 0.717) is 0 Å². The van der Waals surface area contributed by atoms with Crippen molar-refractivity contribution in [2.75, 3.05) is 0 Å². The number of carbonyl (C=O) groups excluding carboxylic acids is 1. The van der Waals surface area contributed by atoms with Gasteiger partial charge in [-0.3, -0.25) is 4.79 Å². The lowest BCUT2D eigenvalue weighted by molar-refractivity contribution is -0.269. The molecule has 1 heterocycles. The summed E-state index contributed by atoms with van der Waals surface area (Å²) >= 11 is 0. The smallest absolute Gasteiger partial charge is 0.433 e. The summed E-state index contributed by atoms with van der Waals surface area (Å²) in [6.45, 7) is 0. The average Bonchev–Trinajstić information content (AvgIpc) is 2.87. The molecule has 0 saturated carbocycles. The molecule has 1 saturated heterocycles. The number of carbonyl (C=O) groups is 1. The Kier molecular flexibility index (Phi) is 3.62. The summed E-state index contributed by atoms with van der Waals surface area (Å²) in [5.41, 5.74) is -2.70. The van der Waals surface area contributed by atoms with Crippen LogP contribution in [0.4, 0.5) is 17.6 Å². The Hall–Kier alpha value is -2.37. The summed E-state index contributed by atoms with van der Waals surface area (Å²) in [7, 11) is 0. The fraction of sp³-hybridized carbons (Fsp3) is 0.235. The maximum Gasteiger partial charge on any atom is 0.433 e. The van der Waals surface area contributed by atoms with Crippen LogP contribution >= 0.6 is 0 Å². The highest BCUT2D eigenvalue weighted by atomic mass is 19.4. The Morgan fingerprint density at radius 3 is 2.17 bits per heavy atom. The van der Waals surface area contributed by atoms with Crippen molar-refractivity contribution in [3.63, 3.8) is 0 Å². The Morgan fingerprint density at radius 2 is 1.61 bits per heavy atom. The molecule has 23 heavy (non-hydrogen) atoms. The molecule has 0 radical (unpaired) electrons. The van der Waals surface area contributed by atoms with Crippen LogP contribution < -0.4 is 0 Å². The van der Waals surface area contributed by atoms with Gasteiger partial charge in [0.05, 0.1) is 6.42 Å². The largest absolute Gasteiger partial charge is 0.444 e. The Labute approximate surface area is 129 Å². The van der Waals surface area contributed by atoms with Crippen LogP contribution in [-0.4, -0.2) is 12.1 Å². The van der Waals surface area contributed by atoms with Crippen molar-refractivity contribution in [2.45, 2.75) is 24.1 Å². The molecule has 2 nitrogen and oxygen atoms in total. The van der Waals surface area contributed by atoms with Gasteiger partial charge in [0.1, 0.15) is 5.82 Å². The highest BCUT2D eigenvalue weighted by molar-refractivity contribution is 5.75. The normalized spacial score (nSPS) is 24.5. The molecule has 0 N–H and O–H groups in total. The van der Waals surface area contributed by atoms with Gasteiger partial charge in [-0.1, -0.05) is 42.5 Å². The molecule has 2 aromatic carbocycles. The van der Waals surface area contributed by atoms with Crippen molar-refractivity contribution in [3.8, 4) is 0 Å². The zero-order valence-electron chi connectivity index (χ0n) is 11.8. The lowest BCUT2D eigenvalue weighted by Gasteiger charge is -2.35. The SMILES string of the molecule is O=C1CC(c2ccc(F)cc2)C(c2ccccc2)(C(F)(F)F)O1. The van der Waals surface area contributed by atoms with Gasteiger partial charge in [-0.25, -0.2) is 4.39 Å². The van der Waals surface area contributed by atoms with Gasteiger partial charge in [0.15, 0.2) is 0 Å². The standard InChI is InChI=1S/C17H12F4O2/c18-13-8-6-11(7-9-13)14-10-15(22)23-16(14,17(19,20)21)12-4-2-1-3-5-12/h1-9,14H,10H2. The molecule has 3 rings (SSSR count). The predicted molar refractivity (Wildman–Crippen MR) is 74.0 cm³/mol. The maximum atomic E-state index is 13.9. The summed E-state index contributed by atoms with van der Waals surface area (Å²) in [4.78, 5) is 11.7. The minimum atomic E-state index is -4.81. The van der Waals surface area contributed by atoms with Crippen molar-refractivity contribution in [1.82, 2.24) is 0 Å². The van der Waals surface area contributed by atoms with Crippen molar-refractivity contribution in [1.29, 1.82) is 0 Å². The fourth-order valence-corrected chi connectivity index (χ4v) is 3.02. The summed E-state index contributed by atoms with van der Waals surface area (Å²) < 4.78 is 59.7. The van der Waals surface area contributed by atoms with Gasteiger partial charge in [-0.05, 0) is 17.7 Å². The van der Waals surface area contributed by atoms with Crippen LogP contribution in [0.5, 0.6) is 0 Å². The van der Waals surface area contributed by atoms with E-state index in [1.807, 2.05) is 0 Å². The zero-order valence-corrected chi connectivity index (χ0v) is 11.8. The van der Waals surface area contributed by atoms with Crippen LogP contribution in [0.2, 0.25) is 0 Å². The molecule has 2 unspecified atom stereocenters. The first-order chi connectivity index (χ1) is 10.8. The van der Waals surface area contributed by atoms with E-state index < -0.39 is 35.9 Å². The second kappa shape index (κ2) is 5.37. The minimum absolute atomic E-state index is 0.146. The quantitative estimate of drug-likeness (QED) is 0.608. The Morgan fingerprint density at radius 1 is 1.00 bits per heavy atom. The number of esters is 1. The van der Waals surface area contributed by atoms with Crippen LogP contribution in [0.25, 0.3) is 0 Å². The number of alkyl halides is 3. The van der Waals surface area contributed by atoms with E-state index in [2.05, 4.69) is 0 Å². The van der Waals surface area contributed by atoms with Crippen LogP contribution in [0.15, 0.2) is 54.6 Å². The van der Waals surface area contributed by atoms with Gasteiger partial charge in [-0.15, -0.1) is 0 Å². The third-order valence-corrected chi connectivity index (χ3v) is 4.03. The first-order valence-electron chi connectivity index (χ1n) is 6.94. The minimum Gasteiger partial charge on any atom is -0.444 e. The second-order valence-corrected chi connectivity index (χ2v) is 5.38. The number of halogens is 4. The molecule has 120 valence electrons. The number of ether oxygens (including phenoxy) is 1. The molecule has 2 atom stereocenters. The van der Waals surface area contributed by atoms with Crippen LogP contribution in [0.1, 0.15) is 23.5 Å². The van der Waals surface area contributed by atoms with Gasteiger partial charge in [0, 0.05) is 11.5 Å². The molecular formula is C17H12F4O2. The molecule has 0 amide bonds.